The van der Waals surface area contributed by atoms with Crippen molar-refractivity contribution in [2.45, 2.75) is 37.4 Å². The van der Waals surface area contributed by atoms with Crippen LogP contribution in [0.15, 0.2) is 41.2 Å². The average Bonchev–Trinajstić information content (AvgIpc) is 3.48. The van der Waals surface area contributed by atoms with E-state index in [9.17, 15) is 18.0 Å². The summed E-state index contributed by atoms with van der Waals surface area (Å²) in [6.07, 6.45) is 0.156. The number of nitrogens with two attached hydrogens (primary N) is 1. The average molecular weight is 437 g/mol. The Kier molecular flexibility index (Phi) is 6.20. The number of aromatic nitrogens is 4. The molecule has 0 unspecified atom stereocenters. The number of hydrogen-bond acceptors (Lipinski definition) is 7. The molecule has 164 valence electrons. The number of nitrogens with one attached hydrogen (secondary N) is 1. The molecule has 0 saturated heterocycles. The highest BCUT2D eigenvalue weighted by Gasteiger charge is 2.38. The minimum Gasteiger partial charge on any atom is -0.475 e. The number of carboxylic acids is 1. The first-order valence-corrected chi connectivity index (χ1v) is 9.18. The lowest BCUT2D eigenvalue weighted by atomic mass is 9.99. The van der Waals surface area contributed by atoms with Crippen molar-refractivity contribution in [3.05, 3.63) is 53.7 Å². The van der Waals surface area contributed by atoms with E-state index in [0.29, 0.717) is 17.1 Å². The van der Waals surface area contributed by atoms with E-state index in [1.165, 1.54) is 6.33 Å². The number of carbonyl (C=O) groups is 2. The number of ketones is 1. The van der Waals surface area contributed by atoms with E-state index in [1.54, 1.807) is 12.1 Å². The van der Waals surface area contributed by atoms with Crippen molar-refractivity contribution in [2.75, 3.05) is 0 Å². The van der Waals surface area contributed by atoms with Crippen LogP contribution in [0, 0.1) is 0 Å². The Morgan fingerprint density at radius 2 is 1.77 bits per heavy atom. The van der Waals surface area contributed by atoms with E-state index in [-0.39, 0.29) is 17.4 Å². The van der Waals surface area contributed by atoms with Crippen molar-refractivity contribution in [3.63, 3.8) is 0 Å². The summed E-state index contributed by atoms with van der Waals surface area (Å²) >= 11 is 0. The van der Waals surface area contributed by atoms with Gasteiger partial charge in [-0.25, -0.2) is 9.78 Å². The molecule has 9 nitrogen and oxygen atoms in total. The third-order valence-electron chi connectivity index (χ3n) is 4.71. The monoisotopic (exact) mass is 437 g/mol. The molecule has 0 aliphatic heterocycles. The fourth-order valence-electron chi connectivity index (χ4n) is 3.11. The summed E-state index contributed by atoms with van der Waals surface area (Å²) in [4.78, 5) is 33.0. The van der Waals surface area contributed by atoms with Gasteiger partial charge in [0.25, 0.3) is 5.89 Å². The second-order valence-electron chi connectivity index (χ2n) is 6.91. The van der Waals surface area contributed by atoms with Crippen LogP contribution in [0.3, 0.4) is 0 Å². The lowest BCUT2D eigenvalue weighted by Crippen LogP contribution is -2.34. The van der Waals surface area contributed by atoms with Crippen molar-refractivity contribution in [1.29, 1.82) is 0 Å². The van der Waals surface area contributed by atoms with E-state index in [4.69, 9.17) is 20.2 Å². The number of aromatic amines is 1. The molecular weight excluding hydrogens is 419 g/mol. The number of carbonyl (C=O) groups excluding carboxylic acids is 1. The Morgan fingerprint density at radius 1 is 1.16 bits per heavy atom. The molecule has 3 aromatic rings. The summed E-state index contributed by atoms with van der Waals surface area (Å²) in [5, 5.41) is 11.2. The number of carboxylic acid groups (broad SMARTS) is 1. The largest absolute Gasteiger partial charge is 0.490 e. The Bertz CT molecular complexity index is 1060. The molecule has 0 bridgehead atoms. The molecule has 4 N–H and O–H groups in total. The lowest BCUT2D eigenvalue weighted by Gasteiger charge is -2.17. The van der Waals surface area contributed by atoms with Crippen LogP contribution in [0.4, 0.5) is 13.2 Å². The maximum atomic E-state index is 12.6. The van der Waals surface area contributed by atoms with Crippen molar-refractivity contribution in [3.8, 4) is 11.6 Å². The predicted octanol–water partition coefficient (Wildman–Crippen LogP) is 3.05. The van der Waals surface area contributed by atoms with Gasteiger partial charge in [-0.05, 0) is 12.8 Å². The first-order valence-electron chi connectivity index (χ1n) is 9.18. The quantitative estimate of drug-likeness (QED) is 0.528. The number of rotatable bonds is 4. The number of nitrogens with zero attached hydrogens (tertiary/aromatic N) is 3. The molecule has 0 radical (unpaired) electrons. The fraction of sp³-hybridized carbons (Fsp3) is 0.316. The van der Waals surface area contributed by atoms with Gasteiger partial charge in [-0.1, -0.05) is 48.3 Å². The number of hydrogen-bond donors (Lipinski definition) is 3. The van der Waals surface area contributed by atoms with Gasteiger partial charge in [0.2, 0.25) is 5.78 Å². The Morgan fingerprint density at radius 3 is 2.35 bits per heavy atom. The topological polar surface area (TPSA) is 148 Å². The van der Waals surface area contributed by atoms with Gasteiger partial charge in [-0.15, -0.1) is 0 Å². The summed E-state index contributed by atoms with van der Waals surface area (Å²) in [5.41, 5.74) is 7.05. The smallest absolute Gasteiger partial charge is 0.475 e. The molecule has 1 aliphatic carbocycles. The fourth-order valence-corrected chi connectivity index (χ4v) is 3.11. The molecule has 0 atom stereocenters. The van der Waals surface area contributed by atoms with Gasteiger partial charge in [0.05, 0.1) is 11.9 Å². The normalized spacial score (nSPS) is 15.2. The van der Waals surface area contributed by atoms with E-state index in [0.717, 1.165) is 25.7 Å². The highest BCUT2D eigenvalue weighted by Crippen LogP contribution is 2.35. The SMILES string of the molecule is NC1(c2noc(-c3[nH]cnc3C(=O)c3ccccc3)n2)CCCC1.O=C(O)C(F)(F)F. The number of alkyl halides is 3. The molecule has 2 heterocycles. The zero-order valence-corrected chi connectivity index (χ0v) is 16.0. The lowest BCUT2D eigenvalue weighted by molar-refractivity contribution is -0.192. The Labute approximate surface area is 173 Å². The maximum absolute atomic E-state index is 12.6. The summed E-state index contributed by atoms with van der Waals surface area (Å²) in [7, 11) is 0. The molecule has 1 saturated carbocycles. The van der Waals surface area contributed by atoms with E-state index < -0.39 is 17.7 Å². The van der Waals surface area contributed by atoms with Gasteiger partial charge < -0.3 is 20.3 Å². The Hall–Kier alpha value is -3.54. The molecule has 0 spiro atoms. The Balaban J connectivity index is 0.000000339. The minimum atomic E-state index is -5.08. The van der Waals surface area contributed by atoms with Crippen LogP contribution in [0.1, 0.15) is 47.6 Å². The third-order valence-corrected chi connectivity index (χ3v) is 4.71. The van der Waals surface area contributed by atoms with Crippen LogP contribution in [-0.4, -0.2) is 43.1 Å². The summed E-state index contributed by atoms with van der Waals surface area (Å²) < 4.78 is 37.1. The van der Waals surface area contributed by atoms with Crippen LogP contribution < -0.4 is 5.73 Å². The van der Waals surface area contributed by atoms with Crippen molar-refractivity contribution in [2.24, 2.45) is 5.73 Å². The third kappa shape index (κ3) is 4.97. The van der Waals surface area contributed by atoms with Crippen molar-refractivity contribution in [1.82, 2.24) is 20.1 Å². The molecular formula is C19H18F3N5O4. The molecule has 4 rings (SSSR count). The number of aliphatic carboxylic acids is 1. The van der Waals surface area contributed by atoms with Crippen molar-refractivity contribution < 1.29 is 32.4 Å². The van der Waals surface area contributed by atoms with Crippen LogP contribution in [0.25, 0.3) is 11.6 Å². The summed E-state index contributed by atoms with van der Waals surface area (Å²) in [6.45, 7) is 0. The van der Waals surface area contributed by atoms with E-state index >= 15 is 0 Å². The number of H-pyrrole nitrogens is 1. The molecule has 2 aromatic heterocycles. The zero-order chi connectivity index (χ0) is 22.6. The molecule has 12 heteroatoms. The standard InChI is InChI=1S/C17H17N5O2.C2HF3O2/c18-17(8-4-5-9-17)16-21-15(24-22-16)13-12(19-10-20-13)14(23)11-6-2-1-3-7-11;3-2(4,5)1(6)7/h1-3,6-7,10H,4-5,8-9,18H2,(H,19,20);(H,6,7). The molecule has 1 aromatic carbocycles. The molecule has 1 fully saturated rings. The first kappa shape index (κ1) is 22.2. The summed E-state index contributed by atoms with van der Waals surface area (Å²) in [5.74, 6) is -2.23. The highest BCUT2D eigenvalue weighted by atomic mass is 19.4. The molecule has 0 amide bonds. The second kappa shape index (κ2) is 8.68. The van der Waals surface area contributed by atoms with Gasteiger partial charge in [0.15, 0.2) is 5.82 Å². The van der Waals surface area contributed by atoms with Gasteiger partial charge in [-0.2, -0.15) is 18.2 Å². The van der Waals surface area contributed by atoms with Gasteiger partial charge >= 0.3 is 12.1 Å². The molecule has 1 aliphatic rings. The van der Waals surface area contributed by atoms with Gasteiger partial charge in [0, 0.05) is 5.56 Å². The minimum absolute atomic E-state index is 0.199. The zero-order valence-electron chi connectivity index (χ0n) is 16.0. The van der Waals surface area contributed by atoms with E-state index in [1.807, 2.05) is 18.2 Å². The predicted molar refractivity (Wildman–Crippen MR) is 99.8 cm³/mol. The van der Waals surface area contributed by atoms with Crippen LogP contribution in [0.2, 0.25) is 0 Å². The molecule has 31 heavy (non-hydrogen) atoms. The number of imidazole rings is 1. The van der Waals surface area contributed by atoms with Crippen LogP contribution in [0.5, 0.6) is 0 Å². The van der Waals surface area contributed by atoms with Crippen molar-refractivity contribution >= 4 is 11.8 Å². The van der Waals surface area contributed by atoms with Gasteiger partial charge in [-0.3, -0.25) is 4.79 Å². The first-order chi connectivity index (χ1) is 14.6. The number of halogens is 3. The maximum Gasteiger partial charge on any atom is 0.490 e. The van der Waals surface area contributed by atoms with Crippen LogP contribution >= 0.6 is 0 Å². The van der Waals surface area contributed by atoms with E-state index in [2.05, 4.69) is 20.1 Å². The van der Waals surface area contributed by atoms with Gasteiger partial charge in [0.1, 0.15) is 11.4 Å². The van der Waals surface area contributed by atoms with Crippen LogP contribution in [-0.2, 0) is 10.3 Å². The second-order valence-corrected chi connectivity index (χ2v) is 6.91. The number of benzene rings is 1. The highest BCUT2D eigenvalue weighted by molar-refractivity contribution is 6.10. The summed E-state index contributed by atoms with van der Waals surface area (Å²) in [6, 6.07) is 8.96.